The van der Waals surface area contributed by atoms with Gasteiger partial charge >= 0.3 is 0 Å². The first-order valence-corrected chi connectivity index (χ1v) is 7.18. The lowest BCUT2D eigenvalue weighted by molar-refractivity contribution is -0.127. The molecule has 108 valence electrons. The molecule has 0 spiro atoms. The van der Waals surface area contributed by atoms with Gasteiger partial charge in [0.1, 0.15) is 11.0 Å². The van der Waals surface area contributed by atoms with E-state index in [9.17, 15) is 4.79 Å². The summed E-state index contributed by atoms with van der Waals surface area (Å²) in [5.74, 6) is 0.0878. The van der Waals surface area contributed by atoms with Crippen molar-refractivity contribution in [3.05, 3.63) is 36.0 Å². The molecular weight excluding hydrogens is 284 g/mol. The molecule has 1 aliphatic heterocycles. The van der Waals surface area contributed by atoms with E-state index in [0.717, 1.165) is 29.6 Å². The molecule has 1 aliphatic rings. The van der Waals surface area contributed by atoms with Crippen LogP contribution in [0.1, 0.15) is 12.0 Å². The molecule has 0 saturated carbocycles. The van der Waals surface area contributed by atoms with Gasteiger partial charge in [-0.05, 0) is 12.5 Å². The molecule has 2 heterocycles. The molecule has 3 N–H and O–H groups in total. The summed E-state index contributed by atoms with van der Waals surface area (Å²) in [6.07, 6.45) is 2.43. The molecule has 1 aromatic heterocycles. The van der Waals surface area contributed by atoms with E-state index in [1.807, 2.05) is 31.3 Å². The number of nitrogens with two attached hydrogens (primary N) is 1. The minimum Gasteiger partial charge on any atom is -0.389 e. The van der Waals surface area contributed by atoms with Gasteiger partial charge in [-0.1, -0.05) is 30.4 Å². The van der Waals surface area contributed by atoms with Gasteiger partial charge in [0.2, 0.25) is 5.91 Å². The van der Waals surface area contributed by atoms with Gasteiger partial charge in [-0.25, -0.2) is 0 Å². The summed E-state index contributed by atoms with van der Waals surface area (Å²) >= 11 is 5.11. The van der Waals surface area contributed by atoms with Crippen LogP contribution in [0.4, 0.5) is 5.69 Å². The van der Waals surface area contributed by atoms with Gasteiger partial charge in [0, 0.05) is 25.2 Å². The van der Waals surface area contributed by atoms with Crippen LogP contribution in [-0.2, 0) is 4.79 Å². The molecule has 1 unspecified atom stereocenters. The van der Waals surface area contributed by atoms with E-state index in [1.54, 1.807) is 11.1 Å². The maximum absolute atomic E-state index is 12.1. The highest BCUT2D eigenvalue weighted by atomic mass is 32.1. The Hall–Kier alpha value is -2.21. The zero-order valence-corrected chi connectivity index (χ0v) is 12.5. The highest BCUT2D eigenvalue weighted by molar-refractivity contribution is 7.80. The summed E-state index contributed by atoms with van der Waals surface area (Å²) in [4.78, 5) is 18.5. The van der Waals surface area contributed by atoms with E-state index in [1.165, 1.54) is 0 Å². The van der Waals surface area contributed by atoms with Crippen LogP contribution >= 0.6 is 12.2 Å². The second kappa shape index (κ2) is 5.29. The summed E-state index contributed by atoms with van der Waals surface area (Å²) < 4.78 is 0. The monoisotopic (exact) mass is 300 g/mol. The number of hydrogen-bond acceptors (Lipinski definition) is 4. The van der Waals surface area contributed by atoms with Crippen LogP contribution in [0.25, 0.3) is 10.9 Å². The molecular formula is C15H16N4OS. The smallest absolute Gasteiger partial charge is 0.244 e. The van der Waals surface area contributed by atoms with E-state index in [4.69, 9.17) is 18.0 Å². The minimum atomic E-state index is -0.242. The van der Waals surface area contributed by atoms with Crippen molar-refractivity contribution >= 4 is 39.7 Å². The number of carbonyl (C=O) groups excluding carboxylic acids is 1. The third kappa shape index (κ3) is 2.42. The zero-order chi connectivity index (χ0) is 15.0. The second-order valence-electron chi connectivity index (χ2n) is 5.17. The summed E-state index contributed by atoms with van der Waals surface area (Å²) in [6, 6.07) is 7.49. The van der Waals surface area contributed by atoms with Gasteiger partial charge in [0.05, 0.1) is 16.8 Å². The summed E-state index contributed by atoms with van der Waals surface area (Å²) in [5, 5.41) is 4.24. The Kier molecular flexibility index (Phi) is 3.47. The first-order valence-electron chi connectivity index (χ1n) is 6.77. The third-order valence-electron chi connectivity index (χ3n) is 3.79. The summed E-state index contributed by atoms with van der Waals surface area (Å²) in [5.41, 5.74) is 8.11. The second-order valence-corrected chi connectivity index (χ2v) is 5.61. The Morgan fingerprint density at radius 1 is 1.48 bits per heavy atom. The van der Waals surface area contributed by atoms with Crippen LogP contribution in [0, 0.1) is 0 Å². The van der Waals surface area contributed by atoms with Crippen molar-refractivity contribution in [2.75, 3.05) is 18.9 Å². The zero-order valence-electron chi connectivity index (χ0n) is 11.7. The predicted molar refractivity (Wildman–Crippen MR) is 87.3 cm³/mol. The number of nitrogens with zero attached hydrogens (tertiary/aromatic N) is 2. The van der Waals surface area contributed by atoms with Crippen molar-refractivity contribution in [3.63, 3.8) is 0 Å². The highest BCUT2D eigenvalue weighted by Crippen LogP contribution is 2.28. The molecule has 0 bridgehead atoms. The first-order chi connectivity index (χ1) is 10.1. The number of likely N-dealkylation sites (N-methyl/N-ethyl adjacent to an activating group) is 1. The molecule has 1 fully saturated rings. The highest BCUT2D eigenvalue weighted by Gasteiger charge is 2.30. The topological polar surface area (TPSA) is 71.2 Å². The largest absolute Gasteiger partial charge is 0.389 e. The number of amides is 1. The van der Waals surface area contributed by atoms with Gasteiger partial charge in [0.25, 0.3) is 0 Å². The number of para-hydroxylation sites is 1. The van der Waals surface area contributed by atoms with Crippen LogP contribution in [0.15, 0.2) is 30.5 Å². The number of pyridine rings is 1. The predicted octanol–water partition coefficient (Wildman–Crippen LogP) is 1.51. The molecule has 1 atom stereocenters. The number of thiocarbonyl (C=S) groups is 1. The van der Waals surface area contributed by atoms with Gasteiger partial charge in [-0.2, -0.15) is 0 Å². The fourth-order valence-electron chi connectivity index (χ4n) is 2.61. The van der Waals surface area contributed by atoms with Crippen LogP contribution in [0.2, 0.25) is 0 Å². The number of rotatable bonds is 3. The Morgan fingerprint density at radius 3 is 2.90 bits per heavy atom. The number of fused-ring (bicyclic) bond motifs is 1. The number of benzene rings is 1. The maximum atomic E-state index is 12.1. The molecule has 6 heteroatoms. The molecule has 1 saturated heterocycles. The van der Waals surface area contributed by atoms with Gasteiger partial charge in [-0.15, -0.1) is 0 Å². The maximum Gasteiger partial charge on any atom is 0.244 e. The number of hydrogen-bond donors (Lipinski definition) is 2. The van der Waals surface area contributed by atoms with E-state index in [2.05, 4.69) is 10.3 Å². The number of carbonyl (C=O) groups is 1. The molecule has 5 nitrogen and oxygen atoms in total. The first kappa shape index (κ1) is 13.8. The quantitative estimate of drug-likeness (QED) is 0.841. The third-order valence-corrected chi connectivity index (χ3v) is 4.01. The van der Waals surface area contributed by atoms with Crippen LogP contribution < -0.4 is 11.1 Å². The Balaban J connectivity index is 2.08. The lowest BCUT2D eigenvalue weighted by Crippen LogP contribution is -2.31. The standard InChI is InChI=1S/C15H16N4OS/c1-19-7-6-12(15(19)20)18-13-9-4-2-3-5-11(9)17-8-10(13)14(16)21/h2-5,8,12H,6-7H2,1H3,(H2,16,21)(H,17,18). The van der Waals surface area contributed by atoms with E-state index in [0.29, 0.717) is 5.56 Å². The molecule has 1 amide bonds. The Bertz CT molecular complexity index is 731. The molecule has 2 aromatic rings. The van der Waals surface area contributed by atoms with Crippen LogP contribution in [-0.4, -0.2) is 40.4 Å². The van der Waals surface area contributed by atoms with Crippen molar-refractivity contribution in [1.82, 2.24) is 9.88 Å². The van der Waals surface area contributed by atoms with Crippen molar-refractivity contribution in [2.24, 2.45) is 5.73 Å². The van der Waals surface area contributed by atoms with E-state index in [-0.39, 0.29) is 16.9 Å². The number of aromatic nitrogens is 1. The molecule has 0 aliphatic carbocycles. The fraction of sp³-hybridized carbons (Fsp3) is 0.267. The van der Waals surface area contributed by atoms with Gasteiger partial charge in [0.15, 0.2) is 0 Å². The van der Waals surface area contributed by atoms with Crippen molar-refractivity contribution in [2.45, 2.75) is 12.5 Å². The lowest BCUT2D eigenvalue weighted by Gasteiger charge is -2.18. The van der Waals surface area contributed by atoms with E-state index < -0.39 is 0 Å². The average molecular weight is 300 g/mol. The number of anilines is 1. The van der Waals surface area contributed by atoms with Gasteiger partial charge in [-0.3, -0.25) is 9.78 Å². The average Bonchev–Trinajstić information content (AvgIpc) is 2.79. The fourth-order valence-corrected chi connectivity index (χ4v) is 2.77. The lowest BCUT2D eigenvalue weighted by atomic mass is 10.1. The van der Waals surface area contributed by atoms with Crippen molar-refractivity contribution in [3.8, 4) is 0 Å². The molecule has 1 aromatic carbocycles. The number of likely N-dealkylation sites (tertiary alicyclic amines) is 1. The van der Waals surface area contributed by atoms with Crippen LogP contribution in [0.3, 0.4) is 0 Å². The molecule has 3 rings (SSSR count). The SMILES string of the molecule is CN1CCC(Nc2c(C(N)=S)cnc3ccccc23)C1=O. The normalized spacial score (nSPS) is 18.2. The molecule has 0 radical (unpaired) electrons. The summed E-state index contributed by atoms with van der Waals surface area (Å²) in [6.45, 7) is 0.752. The minimum absolute atomic E-state index is 0.0878. The Labute approximate surface area is 128 Å². The van der Waals surface area contributed by atoms with E-state index >= 15 is 0 Å². The summed E-state index contributed by atoms with van der Waals surface area (Å²) in [7, 11) is 1.81. The van der Waals surface area contributed by atoms with Crippen molar-refractivity contribution < 1.29 is 4.79 Å². The van der Waals surface area contributed by atoms with Crippen molar-refractivity contribution in [1.29, 1.82) is 0 Å². The number of nitrogens with one attached hydrogen (secondary N) is 1. The molecule has 21 heavy (non-hydrogen) atoms. The van der Waals surface area contributed by atoms with Crippen LogP contribution in [0.5, 0.6) is 0 Å². The Morgan fingerprint density at radius 2 is 2.24 bits per heavy atom. The van der Waals surface area contributed by atoms with Gasteiger partial charge < -0.3 is 16.0 Å².